The molecule has 0 aromatic carbocycles. The van der Waals surface area contributed by atoms with E-state index in [1.54, 1.807) is 6.92 Å². The number of rotatable bonds is 7. The van der Waals surface area contributed by atoms with Crippen molar-refractivity contribution in [2.45, 2.75) is 39.8 Å². The zero-order valence-electron chi connectivity index (χ0n) is 10.9. The first-order valence-electron chi connectivity index (χ1n) is 5.82. The molecule has 0 saturated heterocycles. The molecule has 0 spiro atoms. The maximum atomic E-state index is 11.5. The molecule has 0 radical (unpaired) electrons. The minimum atomic E-state index is -0.838. The monoisotopic (exact) mass is 245 g/mol. The molecule has 0 aliphatic rings. The number of primary amides is 1. The summed E-state index contributed by atoms with van der Waals surface area (Å²) in [5, 5.41) is 5.15. The highest BCUT2D eigenvalue weighted by molar-refractivity contribution is 5.96. The van der Waals surface area contributed by atoms with Crippen molar-refractivity contribution < 1.29 is 14.3 Å². The summed E-state index contributed by atoms with van der Waals surface area (Å²) in [4.78, 5) is 22.0. The smallest absolute Gasteiger partial charge is 0.318 e. The summed E-state index contributed by atoms with van der Waals surface area (Å²) >= 11 is 0. The van der Waals surface area contributed by atoms with Crippen molar-refractivity contribution in [1.29, 1.82) is 0 Å². The van der Waals surface area contributed by atoms with Crippen LogP contribution < -0.4 is 16.4 Å². The van der Waals surface area contributed by atoms with E-state index in [-0.39, 0.29) is 6.04 Å². The van der Waals surface area contributed by atoms with Gasteiger partial charge in [-0.3, -0.25) is 10.1 Å². The van der Waals surface area contributed by atoms with Gasteiger partial charge in [-0.05, 0) is 19.8 Å². The fourth-order valence-electron chi connectivity index (χ4n) is 1.30. The zero-order chi connectivity index (χ0) is 13.4. The van der Waals surface area contributed by atoms with Gasteiger partial charge in [-0.25, -0.2) is 4.79 Å². The van der Waals surface area contributed by atoms with E-state index in [1.165, 1.54) is 0 Å². The molecule has 6 nitrogen and oxygen atoms in total. The Morgan fingerprint density at radius 2 is 1.88 bits per heavy atom. The van der Waals surface area contributed by atoms with Crippen LogP contribution in [0.5, 0.6) is 0 Å². The molecule has 0 heterocycles. The largest absolute Gasteiger partial charge is 0.380 e. The van der Waals surface area contributed by atoms with Gasteiger partial charge in [-0.2, -0.15) is 0 Å². The van der Waals surface area contributed by atoms with Crippen LogP contribution in [0.15, 0.2) is 0 Å². The van der Waals surface area contributed by atoms with E-state index in [0.717, 1.165) is 0 Å². The average molecular weight is 245 g/mol. The minimum absolute atomic E-state index is 0.0589. The molecule has 0 fully saturated rings. The van der Waals surface area contributed by atoms with Crippen LogP contribution in [-0.2, 0) is 9.53 Å². The molecule has 0 saturated carbocycles. The van der Waals surface area contributed by atoms with Gasteiger partial charge in [0, 0.05) is 12.6 Å². The van der Waals surface area contributed by atoms with Gasteiger partial charge in [0.1, 0.15) is 0 Å². The van der Waals surface area contributed by atoms with Gasteiger partial charge in [0.25, 0.3) is 0 Å². The Morgan fingerprint density at radius 3 is 2.29 bits per heavy atom. The molecule has 2 atom stereocenters. The number of hydrogen-bond donors (Lipinski definition) is 3. The summed E-state index contributed by atoms with van der Waals surface area (Å²) < 4.78 is 5.33. The molecule has 100 valence electrons. The number of hydrogen-bond acceptors (Lipinski definition) is 4. The normalized spacial score (nSPS) is 14.4. The lowest BCUT2D eigenvalue weighted by Crippen LogP contribution is -2.52. The van der Waals surface area contributed by atoms with Crippen molar-refractivity contribution >= 4 is 11.9 Å². The lowest BCUT2D eigenvalue weighted by molar-refractivity contribution is -0.122. The molecule has 4 N–H and O–H groups in total. The maximum Gasteiger partial charge on any atom is 0.318 e. The lowest BCUT2D eigenvalue weighted by Gasteiger charge is -2.25. The lowest BCUT2D eigenvalue weighted by atomic mass is 10.0. The van der Waals surface area contributed by atoms with Crippen LogP contribution in [0.25, 0.3) is 0 Å². The van der Waals surface area contributed by atoms with Crippen molar-refractivity contribution in [2.75, 3.05) is 13.2 Å². The SMILES string of the molecule is CCOCC(NC(C)C(=O)NC(N)=O)C(C)C. The third-order valence-electron chi connectivity index (χ3n) is 2.41. The van der Waals surface area contributed by atoms with Gasteiger partial charge in [0.2, 0.25) is 5.91 Å². The second kappa shape index (κ2) is 8.03. The summed E-state index contributed by atoms with van der Waals surface area (Å²) in [6, 6.07) is -1.27. The first kappa shape index (κ1) is 15.9. The highest BCUT2D eigenvalue weighted by Gasteiger charge is 2.20. The molecule has 0 bridgehead atoms. The van der Waals surface area contributed by atoms with E-state index in [2.05, 4.69) is 5.32 Å². The van der Waals surface area contributed by atoms with Gasteiger partial charge in [0.05, 0.1) is 12.6 Å². The molecule has 3 amide bonds. The van der Waals surface area contributed by atoms with Crippen molar-refractivity contribution in [3.05, 3.63) is 0 Å². The maximum absolute atomic E-state index is 11.5. The van der Waals surface area contributed by atoms with E-state index < -0.39 is 18.0 Å². The second-order valence-electron chi connectivity index (χ2n) is 4.25. The number of nitrogens with one attached hydrogen (secondary N) is 2. The van der Waals surface area contributed by atoms with E-state index in [9.17, 15) is 9.59 Å². The number of amides is 3. The van der Waals surface area contributed by atoms with E-state index in [1.807, 2.05) is 26.1 Å². The summed E-state index contributed by atoms with van der Waals surface area (Å²) in [6.07, 6.45) is 0. The molecular weight excluding hydrogens is 222 g/mol. The number of nitrogens with two attached hydrogens (primary N) is 1. The van der Waals surface area contributed by atoms with Gasteiger partial charge >= 0.3 is 6.03 Å². The van der Waals surface area contributed by atoms with Gasteiger partial charge in [0.15, 0.2) is 0 Å². The second-order valence-corrected chi connectivity index (χ2v) is 4.25. The topological polar surface area (TPSA) is 93.4 Å². The summed E-state index contributed by atoms with van der Waals surface area (Å²) in [5.41, 5.74) is 4.88. The molecular formula is C11H23N3O3. The first-order valence-corrected chi connectivity index (χ1v) is 5.82. The standard InChI is InChI=1S/C11H23N3O3/c1-5-17-6-9(7(2)3)13-8(4)10(15)14-11(12)16/h7-9,13H,5-6H2,1-4H3,(H3,12,14,15,16). The van der Waals surface area contributed by atoms with E-state index >= 15 is 0 Å². The van der Waals surface area contributed by atoms with Crippen LogP contribution in [0.3, 0.4) is 0 Å². The van der Waals surface area contributed by atoms with Crippen molar-refractivity contribution in [2.24, 2.45) is 11.7 Å². The number of carbonyl (C=O) groups excluding carboxylic acids is 2. The first-order chi connectivity index (χ1) is 7.88. The van der Waals surface area contributed by atoms with Crippen molar-refractivity contribution in [1.82, 2.24) is 10.6 Å². The van der Waals surface area contributed by atoms with Crippen LogP contribution in [0.2, 0.25) is 0 Å². The fraction of sp³-hybridized carbons (Fsp3) is 0.818. The third kappa shape index (κ3) is 6.91. The average Bonchev–Trinajstić information content (AvgIpc) is 2.22. The number of carbonyl (C=O) groups is 2. The summed E-state index contributed by atoms with van der Waals surface area (Å²) in [7, 11) is 0. The Kier molecular flexibility index (Phi) is 7.49. The Hall–Kier alpha value is -1.14. The molecule has 0 aromatic heterocycles. The van der Waals surface area contributed by atoms with E-state index in [0.29, 0.717) is 19.1 Å². The summed E-state index contributed by atoms with van der Waals surface area (Å²) in [5.74, 6) is -0.106. The van der Waals surface area contributed by atoms with Gasteiger partial charge in [-0.1, -0.05) is 13.8 Å². The number of ether oxygens (including phenoxy) is 1. The predicted octanol–water partition coefficient (Wildman–Crippen LogP) is 0.221. The molecule has 0 aliphatic carbocycles. The minimum Gasteiger partial charge on any atom is -0.380 e. The number of urea groups is 1. The van der Waals surface area contributed by atoms with Crippen LogP contribution in [0.1, 0.15) is 27.7 Å². The van der Waals surface area contributed by atoms with Crippen LogP contribution >= 0.6 is 0 Å². The van der Waals surface area contributed by atoms with Crippen molar-refractivity contribution in [3.63, 3.8) is 0 Å². The Morgan fingerprint density at radius 1 is 1.29 bits per heavy atom. The Labute approximate surface area is 102 Å². The van der Waals surface area contributed by atoms with Crippen LogP contribution in [0.4, 0.5) is 4.79 Å². The number of imide groups is 1. The van der Waals surface area contributed by atoms with Gasteiger partial charge < -0.3 is 15.8 Å². The molecule has 0 aliphatic heterocycles. The highest BCUT2D eigenvalue weighted by Crippen LogP contribution is 2.03. The summed E-state index contributed by atoms with van der Waals surface area (Å²) in [6.45, 7) is 8.83. The highest BCUT2D eigenvalue weighted by atomic mass is 16.5. The van der Waals surface area contributed by atoms with Crippen LogP contribution in [-0.4, -0.2) is 37.2 Å². The molecule has 17 heavy (non-hydrogen) atoms. The molecule has 0 aromatic rings. The molecule has 2 unspecified atom stereocenters. The quantitative estimate of drug-likeness (QED) is 0.598. The third-order valence-corrected chi connectivity index (χ3v) is 2.41. The molecule has 6 heteroatoms. The fourth-order valence-corrected chi connectivity index (χ4v) is 1.30. The Balaban J connectivity index is 4.23. The van der Waals surface area contributed by atoms with Gasteiger partial charge in [-0.15, -0.1) is 0 Å². The zero-order valence-corrected chi connectivity index (χ0v) is 10.9. The van der Waals surface area contributed by atoms with Crippen LogP contribution in [0, 0.1) is 5.92 Å². The molecule has 0 rings (SSSR count). The van der Waals surface area contributed by atoms with Crippen molar-refractivity contribution in [3.8, 4) is 0 Å². The Bertz CT molecular complexity index is 256. The predicted molar refractivity (Wildman–Crippen MR) is 65.4 cm³/mol. The van der Waals surface area contributed by atoms with E-state index in [4.69, 9.17) is 10.5 Å².